The molecule has 3 aromatic rings. The van der Waals surface area contributed by atoms with Crippen LogP contribution in [0.15, 0.2) is 53.6 Å². The van der Waals surface area contributed by atoms with E-state index in [-0.39, 0.29) is 0 Å². The second-order valence-electron chi connectivity index (χ2n) is 3.60. The number of nitrogen functional groups attached to an aromatic ring is 1. The molecular formula is C12H10N4O. The molecule has 0 aliphatic carbocycles. The van der Waals surface area contributed by atoms with Crippen LogP contribution in [0, 0.1) is 0 Å². The molecule has 84 valence electrons. The molecule has 0 aliphatic rings. The third kappa shape index (κ3) is 1.67. The largest absolute Gasteiger partial charge is 0.368 e. The first-order chi connectivity index (χ1) is 8.34. The molecule has 0 saturated heterocycles. The van der Waals surface area contributed by atoms with Crippen molar-refractivity contribution in [2.24, 2.45) is 0 Å². The highest BCUT2D eigenvalue weighted by atomic mass is 16.5. The monoisotopic (exact) mass is 226 g/mol. The van der Waals surface area contributed by atoms with E-state index in [1.165, 1.54) is 0 Å². The maximum Gasteiger partial charge on any atom is 0.222 e. The molecule has 0 spiro atoms. The summed E-state index contributed by atoms with van der Waals surface area (Å²) in [6, 6.07) is 9.56. The predicted molar refractivity (Wildman–Crippen MR) is 63.5 cm³/mol. The van der Waals surface area contributed by atoms with E-state index in [9.17, 15) is 0 Å². The minimum absolute atomic E-state index is 0.306. The van der Waals surface area contributed by atoms with Crippen LogP contribution in [0.4, 0.5) is 5.88 Å². The van der Waals surface area contributed by atoms with E-state index in [0.29, 0.717) is 11.6 Å². The molecule has 5 nitrogen and oxygen atoms in total. The van der Waals surface area contributed by atoms with E-state index in [2.05, 4.69) is 10.1 Å². The summed E-state index contributed by atoms with van der Waals surface area (Å²) in [5.74, 6) is 0.306. The topological polar surface area (TPSA) is 69.9 Å². The maximum atomic E-state index is 5.54. The van der Waals surface area contributed by atoms with Crippen molar-refractivity contribution in [3.63, 3.8) is 0 Å². The van der Waals surface area contributed by atoms with Crippen LogP contribution in [0.25, 0.3) is 16.9 Å². The summed E-state index contributed by atoms with van der Waals surface area (Å²) in [6.07, 6.45) is 5.35. The van der Waals surface area contributed by atoms with Gasteiger partial charge in [0.2, 0.25) is 5.88 Å². The van der Waals surface area contributed by atoms with Gasteiger partial charge in [0.25, 0.3) is 0 Å². The SMILES string of the molecule is Nc1cc(-c2ccccc2-n2ccnc2)no1. The molecule has 2 N–H and O–H groups in total. The van der Waals surface area contributed by atoms with Crippen molar-refractivity contribution < 1.29 is 4.52 Å². The van der Waals surface area contributed by atoms with Gasteiger partial charge in [-0.3, -0.25) is 0 Å². The molecule has 5 heteroatoms. The Morgan fingerprint density at radius 2 is 2.12 bits per heavy atom. The van der Waals surface area contributed by atoms with Gasteiger partial charge in [-0.25, -0.2) is 4.98 Å². The Balaban J connectivity index is 2.17. The second kappa shape index (κ2) is 3.79. The molecule has 0 aliphatic heterocycles. The standard InChI is InChI=1S/C12H10N4O/c13-12-7-10(15-17-12)9-3-1-2-4-11(9)16-6-5-14-8-16/h1-8H,13H2. The highest BCUT2D eigenvalue weighted by Crippen LogP contribution is 2.26. The number of nitrogens with two attached hydrogens (primary N) is 1. The van der Waals surface area contributed by atoms with E-state index < -0.39 is 0 Å². The van der Waals surface area contributed by atoms with Gasteiger partial charge in [0.1, 0.15) is 5.69 Å². The Morgan fingerprint density at radius 1 is 1.24 bits per heavy atom. The number of nitrogens with zero attached hydrogens (tertiary/aromatic N) is 3. The van der Waals surface area contributed by atoms with Crippen LogP contribution >= 0.6 is 0 Å². The van der Waals surface area contributed by atoms with E-state index in [1.807, 2.05) is 35.0 Å². The molecule has 0 amide bonds. The number of hydrogen-bond donors (Lipinski definition) is 1. The van der Waals surface area contributed by atoms with Gasteiger partial charge >= 0.3 is 0 Å². The lowest BCUT2D eigenvalue weighted by Crippen LogP contribution is -1.93. The molecule has 2 heterocycles. The second-order valence-corrected chi connectivity index (χ2v) is 3.60. The average molecular weight is 226 g/mol. The van der Waals surface area contributed by atoms with E-state index in [4.69, 9.17) is 10.3 Å². The summed E-state index contributed by atoms with van der Waals surface area (Å²) >= 11 is 0. The zero-order valence-electron chi connectivity index (χ0n) is 8.95. The van der Waals surface area contributed by atoms with Gasteiger partial charge in [0.15, 0.2) is 0 Å². The number of imidazole rings is 1. The molecule has 0 fully saturated rings. The van der Waals surface area contributed by atoms with Crippen molar-refractivity contribution >= 4 is 5.88 Å². The molecule has 3 rings (SSSR count). The fourth-order valence-corrected chi connectivity index (χ4v) is 1.73. The van der Waals surface area contributed by atoms with Crippen LogP contribution in [0.1, 0.15) is 0 Å². The van der Waals surface area contributed by atoms with Gasteiger partial charge in [-0.05, 0) is 6.07 Å². The van der Waals surface area contributed by atoms with Crippen molar-refractivity contribution in [1.29, 1.82) is 0 Å². The van der Waals surface area contributed by atoms with Crippen LogP contribution in [-0.4, -0.2) is 14.7 Å². The Labute approximate surface area is 97.5 Å². The quantitative estimate of drug-likeness (QED) is 0.726. The predicted octanol–water partition coefficient (Wildman–Crippen LogP) is 2.11. The number of hydrogen-bond acceptors (Lipinski definition) is 4. The molecule has 0 bridgehead atoms. The van der Waals surface area contributed by atoms with Gasteiger partial charge in [-0.2, -0.15) is 0 Å². The lowest BCUT2D eigenvalue weighted by atomic mass is 10.1. The lowest BCUT2D eigenvalue weighted by molar-refractivity contribution is 0.439. The molecule has 0 saturated carbocycles. The third-order valence-corrected chi connectivity index (χ3v) is 2.49. The zero-order valence-corrected chi connectivity index (χ0v) is 8.95. The Hall–Kier alpha value is -2.56. The number of aromatic nitrogens is 3. The van der Waals surface area contributed by atoms with Gasteiger partial charge in [-0.15, -0.1) is 0 Å². The highest BCUT2D eigenvalue weighted by Gasteiger charge is 2.09. The smallest absolute Gasteiger partial charge is 0.222 e. The van der Waals surface area contributed by atoms with Gasteiger partial charge in [0.05, 0.1) is 12.0 Å². The van der Waals surface area contributed by atoms with Crippen molar-refractivity contribution in [3.8, 4) is 16.9 Å². The van der Waals surface area contributed by atoms with Gasteiger partial charge < -0.3 is 14.8 Å². The average Bonchev–Trinajstić information content (AvgIpc) is 3.00. The van der Waals surface area contributed by atoms with Crippen molar-refractivity contribution in [2.45, 2.75) is 0 Å². The summed E-state index contributed by atoms with van der Waals surface area (Å²) < 4.78 is 6.81. The summed E-state index contributed by atoms with van der Waals surface area (Å²) in [5.41, 5.74) is 8.19. The lowest BCUT2D eigenvalue weighted by Gasteiger charge is -2.06. The van der Waals surface area contributed by atoms with Crippen molar-refractivity contribution in [2.75, 3.05) is 5.73 Å². The first kappa shape index (κ1) is 9.65. The van der Waals surface area contributed by atoms with Gasteiger partial charge in [0, 0.05) is 24.0 Å². The Kier molecular flexibility index (Phi) is 2.15. The van der Waals surface area contributed by atoms with E-state index in [0.717, 1.165) is 11.3 Å². The molecular weight excluding hydrogens is 216 g/mol. The van der Waals surface area contributed by atoms with Crippen LogP contribution in [0.3, 0.4) is 0 Å². The molecule has 2 aromatic heterocycles. The minimum Gasteiger partial charge on any atom is -0.368 e. The molecule has 17 heavy (non-hydrogen) atoms. The molecule has 0 unspecified atom stereocenters. The number of anilines is 1. The first-order valence-electron chi connectivity index (χ1n) is 5.14. The summed E-state index contributed by atoms with van der Waals surface area (Å²) in [7, 11) is 0. The van der Waals surface area contributed by atoms with Crippen LogP contribution in [0.5, 0.6) is 0 Å². The fraction of sp³-hybridized carbons (Fsp3) is 0. The normalized spacial score (nSPS) is 10.6. The summed E-state index contributed by atoms with van der Waals surface area (Å²) in [4.78, 5) is 4.03. The molecule has 0 atom stereocenters. The first-order valence-corrected chi connectivity index (χ1v) is 5.14. The number of benzene rings is 1. The van der Waals surface area contributed by atoms with E-state index >= 15 is 0 Å². The van der Waals surface area contributed by atoms with Crippen molar-refractivity contribution in [3.05, 3.63) is 49.1 Å². The number of rotatable bonds is 2. The summed E-state index contributed by atoms with van der Waals surface area (Å²) in [5, 5.41) is 3.92. The van der Waals surface area contributed by atoms with E-state index in [1.54, 1.807) is 18.6 Å². The molecule has 1 aromatic carbocycles. The summed E-state index contributed by atoms with van der Waals surface area (Å²) in [6.45, 7) is 0. The zero-order chi connectivity index (χ0) is 11.7. The van der Waals surface area contributed by atoms with Crippen LogP contribution in [0.2, 0.25) is 0 Å². The molecule has 0 radical (unpaired) electrons. The highest BCUT2D eigenvalue weighted by molar-refractivity contribution is 5.71. The Morgan fingerprint density at radius 3 is 2.82 bits per heavy atom. The third-order valence-electron chi connectivity index (χ3n) is 2.49. The number of para-hydroxylation sites is 1. The van der Waals surface area contributed by atoms with Gasteiger partial charge in [-0.1, -0.05) is 23.4 Å². The van der Waals surface area contributed by atoms with Crippen LogP contribution < -0.4 is 5.73 Å². The maximum absolute atomic E-state index is 5.54. The van der Waals surface area contributed by atoms with Crippen LogP contribution in [-0.2, 0) is 0 Å². The minimum atomic E-state index is 0.306. The fourth-order valence-electron chi connectivity index (χ4n) is 1.73. The Bertz CT molecular complexity index is 628. The van der Waals surface area contributed by atoms with Crippen molar-refractivity contribution in [1.82, 2.24) is 14.7 Å².